The Morgan fingerprint density at radius 3 is 2.77 bits per heavy atom. The van der Waals surface area contributed by atoms with Crippen molar-refractivity contribution in [3.05, 3.63) is 41.7 Å². The third-order valence-corrected chi connectivity index (χ3v) is 5.50. The van der Waals surface area contributed by atoms with Gasteiger partial charge in [0.05, 0.1) is 24.3 Å². The molecule has 1 aliphatic rings. The van der Waals surface area contributed by atoms with Gasteiger partial charge in [-0.05, 0) is 25.3 Å². The summed E-state index contributed by atoms with van der Waals surface area (Å²) in [5, 5.41) is 18.0. The first-order valence-corrected chi connectivity index (χ1v) is 9.73. The molecule has 0 aliphatic heterocycles. The molecule has 0 bridgehead atoms. The van der Waals surface area contributed by atoms with Crippen LogP contribution >= 0.6 is 11.8 Å². The van der Waals surface area contributed by atoms with Crippen LogP contribution in [0, 0.1) is 11.3 Å². The molecule has 0 N–H and O–H groups in total. The topological polar surface area (TPSA) is 74.8 Å². The summed E-state index contributed by atoms with van der Waals surface area (Å²) in [5.74, 6) is 1.52. The smallest absolute Gasteiger partial charge is 0.235 e. The van der Waals surface area contributed by atoms with Crippen molar-refractivity contribution in [2.75, 3.05) is 13.6 Å². The molecule has 1 saturated carbocycles. The second-order valence-electron chi connectivity index (χ2n) is 6.61. The average molecular weight is 369 g/mol. The van der Waals surface area contributed by atoms with Crippen LogP contribution < -0.4 is 0 Å². The summed E-state index contributed by atoms with van der Waals surface area (Å²) in [6.07, 6.45) is 2.65. The summed E-state index contributed by atoms with van der Waals surface area (Å²) in [4.78, 5) is 14.1. The van der Waals surface area contributed by atoms with E-state index in [4.69, 9.17) is 5.26 Å². The standard InChI is InChI=1S/C19H23N5OS/c1-14(18(25)23(2)12-6-11-20)26-19-22-21-17(16-9-10-16)24(19)13-15-7-4-3-5-8-15/h3-5,7-8,14,16H,6,9-10,12-13H2,1-2H3/t14-/m0/s1. The third kappa shape index (κ3) is 4.44. The Balaban J connectivity index is 1.75. The molecule has 136 valence electrons. The molecule has 2 aromatic rings. The maximum absolute atomic E-state index is 12.5. The number of nitriles is 1. The van der Waals surface area contributed by atoms with Gasteiger partial charge in [0.1, 0.15) is 5.82 Å². The van der Waals surface area contributed by atoms with E-state index in [9.17, 15) is 4.79 Å². The fraction of sp³-hybridized carbons (Fsp3) is 0.474. The van der Waals surface area contributed by atoms with Gasteiger partial charge in [0.2, 0.25) is 5.91 Å². The van der Waals surface area contributed by atoms with Crippen molar-refractivity contribution in [1.29, 1.82) is 5.26 Å². The van der Waals surface area contributed by atoms with Gasteiger partial charge < -0.3 is 9.47 Å². The van der Waals surface area contributed by atoms with Crippen LogP contribution in [0.5, 0.6) is 0 Å². The van der Waals surface area contributed by atoms with Crippen molar-refractivity contribution in [2.45, 2.75) is 49.1 Å². The molecular weight excluding hydrogens is 346 g/mol. The van der Waals surface area contributed by atoms with Crippen LogP contribution in [0.25, 0.3) is 0 Å². The molecule has 1 fully saturated rings. The highest BCUT2D eigenvalue weighted by Gasteiger charge is 2.31. The lowest BCUT2D eigenvalue weighted by Gasteiger charge is -2.20. The van der Waals surface area contributed by atoms with Crippen molar-refractivity contribution in [2.24, 2.45) is 0 Å². The molecule has 1 aromatic heterocycles. The van der Waals surface area contributed by atoms with Crippen molar-refractivity contribution < 1.29 is 4.79 Å². The molecular formula is C19H23N5OS. The van der Waals surface area contributed by atoms with E-state index >= 15 is 0 Å². The normalized spacial score (nSPS) is 14.7. The number of thioether (sulfide) groups is 1. The number of benzene rings is 1. The van der Waals surface area contributed by atoms with Gasteiger partial charge in [-0.1, -0.05) is 42.1 Å². The number of aromatic nitrogens is 3. The highest BCUT2D eigenvalue weighted by molar-refractivity contribution is 8.00. The van der Waals surface area contributed by atoms with E-state index in [1.165, 1.54) is 17.3 Å². The Morgan fingerprint density at radius 2 is 2.12 bits per heavy atom. The van der Waals surface area contributed by atoms with E-state index in [0.29, 0.717) is 25.4 Å². The zero-order valence-electron chi connectivity index (χ0n) is 15.1. The first-order chi connectivity index (χ1) is 12.6. The molecule has 0 unspecified atom stereocenters. The van der Waals surface area contributed by atoms with Crippen LogP contribution in [0.4, 0.5) is 0 Å². The van der Waals surface area contributed by atoms with Crippen molar-refractivity contribution >= 4 is 17.7 Å². The molecule has 1 aliphatic carbocycles. The van der Waals surface area contributed by atoms with Gasteiger partial charge >= 0.3 is 0 Å². The Hall–Kier alpha value is -2.33. The predicted molar refractivity (Wildman–Crippen MR) is 101 cm³/mol. The minimum Gasteiger partial charge on any atom is -0.344 e. The summed E-state index contributed by atoms with van der Waals surface area (Å²) in [6, 6.07) is 12.3. The molecule has 1 heterocycles. The molecule has 26 heavy (non-hydrogen) atoms. The molecule has 0 spiro atoms. The van der Waals surface area contributed by atoms with E-state index in [0.717, 1.165) is 23.8 Å². The average Bonchev–Trinajstić information content (AvgIpc) is 3.43. The lowest BCUT2D eigenvalue weighted by molar-refractivity contribution is -0.128. The van der Waals surface area contributed by atoms with E-state index in [1.54, 1.807) is 11.9 Å². The molecule has 6 nitrogen and oxygen atoms in total. The number of hydrogen-bond acceptors (Lipinski definition) is 5. The lowest BCUT2D eigenvalue weighted by Crippen LogP contribution is -2.34. The van der Waals surface area contributed by atoms with Gasteiger partial charge in [-0.3, -0.25) is 4.79 Å². The van der Waals surface area contributed by atoms with Crippen LogP contribution in [0.2, 0.25) is 0 Å². The summed E-state index contributed by atoms with van der Waals surface area (Å²) in [6.45, 7) is 3.05. The fourth-order valence-corrected chi connectivity index (χ4v) is 3.76. The third-order valence-electron chi connectivity index (χ3n) is 4.44. The van der Waals surface area contributed by atoms with Crippen LogP contribution in [0.1, 0.15) is 43.5 Å². The first-order valence-electron chi connectivity index (χ1n) is 8.85. The van der Waals surface area contributed by atoms with Crippen LogP contribution in [0.3, 0.4) is 0 Å². The molecule has 1 aromatic carbocycles. The zero-order valence-corrected chi connectivity index (χ0v) is 15.9. The molecule has 7 heteroatoms. The van der Waals surface area contributed by atoms with Gasteiger partial charge in [-0.2, -0.15) is 5.26 Å². The second-order valence-corrected chi connectivity index (χ2v) is 7.92. The van der Waals surface area contributed by atoms with E-state index in [2.05, 4.69) is 33.0 Å². The number of carbonyl (C=O) groups excluding carboxylic acids is 1. The first kappa shape index (κ1) is 18.5. The Bertz CT molecular complexity index is 794. The molecule has 3 rings (SSSR count). The number of hydrogen-bond donors (Lipinski definition) is 0. The van der Waals surface area contributed by atoms with E-state index in [-0.39, 0.29) is 11.2 Å². The highest BCUT2D eigenvalue weighted by atomic mass is 32.2. The summed E-state index contributed by atoms with van der Waals surface area (Å²) >= 11 is 1.44. The lowest BCUT2D eigenvalue weighted by atomic mass is 10.2. The summed E-state index contributed by atoms with van der Waals surface area (Å²) in [7, 11) is 1.74. The predicted octanol–water partition coefficient (Wildman–Crippen LogP) is 3.06. The minimum absolute atomic E-state index is 0.00693. The Kier molecular flexibility index (Phi) is 5.94. The quantitative estimate of drug-likeness (QED) is 0.669. The van der Waals surface area contributed by atoms with Gasteiger partial charge in [0.25, 0.3) is 0 Å². The van der Waals surface area contributed by atoms with Crippen molar-refractivity contribution in [3.8, 4) is 6.07 Å². The summed E-state index contributed by atoms with van der Waals surface area (Å²) in [5.41, 5.74) is 1.20. The van der Waals surface area contributed by atoms with Gasteiger partial charge in [-0.15, -0.1) is 10.2 Å². The minimum atomic E-state index is -0.274. The number of amides is 1. The van der Waals surface area contributed by atoms with Gasteiger partial charge in [0.15, 0.2) is 5.16 Å². The maximum Gasteiger partial charge on any atom is 0.235 e. The zero-order chi connectivity index (χ0) is 18.5. The SMILES string of the molecule is C[C@H](Sc1nnc(C2CC2)n1Cc1ccccc1)C(=O)N(C)CCC#N. The number of carbonyl (C=O) groups is 1. The van der Waals surface area contributed by atoms with Crippen molar-refractivity contribution in [1.82, 2.24) is 19.7 Å². The van der Waals surface area contributed by atoms with Crippen LogP contribution in [-0.4, -0.2) is 44.4 Å². The van der Waals surface area contributed by atoms with Crippen LogP contribution in [-0.2, 0) is 11.3 Å². The molecule has 1 amide bonds. The largest absolute Gasteiger partial charge is 0.344 e. The molecule has 0 radical (unpaired) electrons. The Morgan fingerprint density at radius 1 is 1.38 bits per heavy atom. The molecule has 1 atom stereocenters. The van der Waals surface area contributed by atoms with Crippen LogP contribution in [0.15, 0.2) is 35.5 Å². The fourth-order valence-electron chi connectivity index (χ4n) is 2.79. The number of rotatable bonds is 8. The van der Waals surface area contributed by atoms with Crippen molar-refractivity contribution in [3.63, 3.8) is 0 Å². The van der Waals surface area contributed by atoms with E-state index < -0.39 is 0 Å². The Labute approximate surface area is 158 Å². The highest BCUT2D eigenvalue weighted by Crippen LogP contribution is 2.40. The second kappa shape index (κ2) is 8.37. The maximum atomic E-state index is 12.5. The number of nitrogens with zero attached hydrogens (tertiary/aromatic N) is 5. The summed E-state index contributed by atoms with van der Waals surface area (Å²) < 4.78 is 2.15. The monoisotopic (exact) mass is 369 g/mol. The van der Waals surface area contributed by atoms with Gasteiger partial charge in [-0.25, -0.2) is 0 Å². The van der Waals surface area contributed by atoms with E-state index in [1.807, 2.05) is 25.1 Å². The molecule has 0 saturated heterocycles. The van der Waals surface area contributed by atoms with Gasteiger partial charge in [0, 0.05) is 19.5 Å².